The molecule has 0 fully saturated rings. The number of hydrazone groups is 1. The number of carbonyl (C=O) groups excluding carboxylic acids is 2. The number of amides is 2. The maximum atomic E-state index is 11.7. The molecule has 0 aromatic carbocycles. The van der Waals surface area contributed by atoms with Gasteiger partial charge in [0.15, 0.2) is 0 Å². The first-order valence-electron chi connectivity index (χ1n) is 4.75. The molecule has 0 radical (unpaired) electrons. The van der Waals surface area contributed by atoms with Crippen LogP contribution >= 0.6 is 0 Å². The molecule has 0 unspecified atom stereocenters. The van der Waals surface area contributed by atoms with Crippen molar-refractivity contribution in [2.24, 2.45) is 5.10 Å². The van der Waals surface area contributed by atoms with Crippen LogP contribution in [-0.2, 0) is 14.3 Å². The Kier molecular flexibility index (Phi) is 4.23. The highest BCUT2D eigenvalue weighted by Gasteiger charge is 2.20. The second-order valence-electron chi connectivity index (χ2n) is 3.31. The molecule has 0 atom stereocenters. The summed E-state index contributed by atoms with van der Waals surface area (Å²) in [5.74, 6) is -0.307. The van der Waals surface area contributed by atoms with E-state index in [0.717, 1.165) is 0 Å². The van der Waals surface area contributed by atoms with Crippen LogP contribution in [0.3, 0.4) is 0 Å². The summed E-state index contributed by atoms with van der Waals surface area (Å²) in [5.41, 5.74) is 2.69. The van der Waals surface area contributed by atoms with Crippen LogP contribution in [0.1, 0.15) is 12.8 Å². The SMILES string of the molecule is COCCN(C)C(=O)C1=NNC(=O)CC1. The summed E-state index contributed by atoms with van der Waals surface area (Å²) in [6.07, 6.45) is 0.727. The zero-order valence-corrected chi connectivity index (χ0v) is 8.95. The molecule has 6 heteroatoms. The van der Waals surface area contributed by atoms with E-state index < -0.39 is 0 Å². The fourth-order valence-electron chi connectivity index (χ4n) is 1.18. The van der Waals surface area contributed by atoms with E-state index >= 15 is 0 Å². The van der Waals surface area contributed by atoms with Gasteiger partial charge in [0.25, 0.3) is 5.91 Å². The van der Waals surface area contributed by atoms with Crippen molar-refractivity contribution in [2.45, 2.75) is 12.8 Å². The number of hydrogen-bond donors (Lipinski definition) is 1. The number of rotatable bonds is 4. The van der Waals surface area contributed by atoms with Crippen molar-refractivity contribution in [3.8, 4) is 0 Å². The molecule has 1 aliphatic rings. The summed E-state index contributed by atoms with van der Waals surface area (Å²) in [6.45, 7) is 1.00. The minimum atomic E-state index is -0.160. The molecule has 0 aromatic heterocycles. The van der Waals surface area contributed by atoms with E-state index in [4.69, 9.17) is 4.74 Å². The molecule has 0 saturated heterocycles. The van der Waals surface area contributed by atoms with Crippen LogP contribution in [0.25, 0.3) is 0 Å². The van der Waals surface area contributed by atoms with Crippen LogP contribution < -0.4 is 5.43 Å². The summed E-state index contributed by atoms with van der Waals surface area (Å²) in [6, 6.07) is 0. The topological polar surface area (TPSA) is 71.0 Å². The molecule has 84 valence electrons. The lowest BCUT2D eigenvalue weighted by Crippen LogP contribution is -2.39. The van der Waals surface area contributed by atoms with Gasteiger partial charge in [-0.25, -0.2) is 5.43 Å². The number of nitrogens with one attached hydrogen (secondary N) is 1. The standard InChI is InChI=1S/C9H15N3O3/c1-12(5-6-15-2)9(14)7-3-4-8(13)11-10-7/h3-6H2,1-2H3,(H,11,13). The Morgan fingerprint density at radius 1 is 1.60 bits per heavy atom. The number of methoxy groups -OCH3 is 1. The van der Waals surface area contributed by atoms with Gasteiger partial charge in [0.2, 0.25) is 5.91 Å². The number of nitrogens with zero attached hydrogens (tertiary/aromatic N) is 2. The third-order valence-corrected chi connectivity index (χ3v) is 2.13. The normalized spacial score (nSPS) is 15.6. The van der Waals surface area contributed by atoms with Gasteiger partial charge in [-0.15, -0.1) is 0 Å². The summed E-state index contributed by atoms with van der Waals surface area (Å²) >= 11 is 0. The maximum Gasteiger partial charge on any atom is 0.269 e. The first kappa shape index (κ1) is 11.6. The van der Waals surface area contributed by atoms with E-state index in [2.05, 4.69) is 10.5 Å². The molecule has 0 spiro atoms. The van der Waals surface area contributed by atoms with Crippen molar-refractivity contribution < 1.29 is 14.3 Å². The van der Waals surface area contributed by atoms with Crippen LogP contribution in [0.5, 0.6) is 0 Å². The molecule has 0 bridgehead atoms. The zero-order chi connectivity index (χ0) is 11.3. The lowest BCUT2D eigenvalue weighted by molar-refractivity contribution is -0.124. The van der Waals surface area contributed by atoms with Crippen molar-refractivity contribution >= 4 is 17.5 Å². The monoisotopic (exact) mass is 213 g/mol. The number of likely N-dealkylation sites (N-methyl/N-ethyl adjacent to an activating group) is 1. The molecular formula is C9H15N3O3. The van der Waals surface area contributed by atoms with Gasteiger partial charge in [0, 0.05) is 33.5 Å². The quantitative estimate of drug-likeness (QED) is 0.675. The lowest BCUT2D eigenvalue weighted by atomic mass is 10.1. The fraction of sp³-hybridized carbons (Fsp3) is 0.667. The van der Waals surface area contributed by atoms with Crippen LogP contribution in [0.4, 0.5) is 0 Å². The van der Waals surface area contributed by atoms with Gasteiger partial charge in [-0.3, -0.25) is 9.59 Å². The van der Waals surface area contributed by atoms with Gasteiger partial charge in [0.05, 0.1) is 6.61 Å². The smallest absolute Gasteiger partial charge is 0.269 e. The highest BCUT2D eigenvalue weighted by atomic mass is 16.5. The predicted molar refractivity (Wildman–Crippen MR) is 54.3 cm³/mol. The number of ether oxygens (including phenoxy) is 1. The Balaban J connectivity index is 2.49. The Bertz CT molecular complexity index is 288. The third-order valence-electron chi connectivity index (χ3n) is 2.13. The maximum absolute atomic E-state index is 11.7. The number of carbonyl (C=O) groups is 2. The van der Waals surface area contributed by atoms with Gasteiger partial charge in [-0.05, 0) is 0 Å². The van der Waals surface area contributed by atoms with Crippen molar-refractivity contribution in [3.63, 3.8) is 0 Å². The summed E-state index contributed by atoms with van der Waals surface area (Å²) in [7, 11) is 3.26. The van der Waals surface area contributed by atoms with Gasteiger partial charge >= 0.3 is 0 Å². The van der Waals surface area contributed by atoms with Crippen LogP contribution in [0.15, 0.2) is 5.10 Å². The van der Waals surface area contributed by atoms with Crippen LogP contribution in [0, 0.1) is 0 Å². The molecule has 1 N–H and O–H groups in total. The van der Waals surface area contributed by atoms with Crippen LogP contribution in [0.2, 0.25) is 0 Å². The Labute approximate surface area is 88.3 Å². The fourth-order valence-corrected chi connectivity index (χ4v) is 1.18. The molecule has 2 amide bonds. The van der Waals surface area contributed by atoms with Crippen LogP contribution in [-0.4, -0.2) is 49.7 Å². The average Bonchev–Trinajstić information content (AvgIpc) is 2.26. The van der Waals surface area contributed by atoms with Gasteiger partial charge in [0.1, 0.15) is 5.71 Å². The molecule has 0 saturated carbocycles. The minimum Gasteiger partial charge on any atom is -0.383 e. The molecular weight excluding hydrogens is 198 g/mol. The molecule has 15 heavy (non-hydrogen) atoms. The van der Waals surface area contributed by atoms with E-state index in [9.17, 15) is 9.59 Å². The van der Waals surface area contributed by atoms with E-state index in [1.54, 1.807) is 14.2 Å². The van der Waals surface area contributed by atoms with E-state index in [1.807, 2.05) is 0 Å². The Hall–Kier alpha value is -1.43. The molecule has 1 heterocycles. The summed E-state index contributed by atoms with van der Waals surface area (Å²) in [5, 5.41) is 3.72. The van der Waals surface area contributed by atoms with Gasteiger partial charge < -0.3 is 9.64 Å². The Morgan fingerprint density at radius 2 is 2.33 bits per heavy atom. The highest BCUT2D eigenvalue weighted by molar-refractivity contribution is 6.39. The summed E-state index contributed by atoms with van der Waals surface area (Å²) in [4.78, 5) is 24.0. The molecule has 1 aliphatic heterocycles. The molecule has 1 rings (SSSR count). The van der Waals surface area contributed by atoms with E-state index in [0.29, 0.717) is 31.7 Å². The van der Waals surface area contributed by atoms with E-state index in [1.165, 1.54) is 4.90 Å². The van der Waals surface area contributed by atoms with Crippen molar-refractivity contribution in [3.05, 3.63) is 0 Å². The first-order valence-corrected chi connectivity index (χ1v) is 4.75. The molecule has 0 aromatic rings. The third kappa shape index (κ3) is 3.32. The van der Waals surface area contributed by atoms with Crippen molar-refractivity contribution in [1.82, 2.24) is 10.3 Å². The predicted octanol–water partition coefficient (Wildman–Crippen LogP) is -0.643. The van der Waals surface area contributed by atoms with E-state index in [-0.39, 0.29) is 11.8 Å². The average molecular weight is 213 g/mol. The largest absolute Gasteiger partial charge is 0.383 e. The minimum absolute atomic E-state index is 0.147. The summed E-state index contributed by atoms with van der Waals surface area (Å²) < 4.78 is 4.86. The van der Waals surface area contributed by atoms with Gasteiger partial charge in [-0.2, -0.15) is 5.10 Å². The zero-order valence-electron chi connectivity index (χ0n) is 8.95. The molecule has 0 aliphatic carbocycles. The second kappa shape index (κ2) is 5.45. The Morgan fingerprint density at radius 3 is 2.87 bits per heavy atom. The number of hydrogen-bond acceptors (Lipinski definition) is 4. The second-order valence-corrected chi connectivity index (χ2v) is 3.31. The highest BCUT2D eigenvalue weighted by Crippen LogP contribution is 2.02. The lowest BCUT2D eigenvalue weighted by Gasteiger charge is -2.19. The molecule has 6 nitrogen and oxygen atoms in total. The van der Waals surface area contributed by atoms with Crippen molar-refractivity contribution in [2.75, 3.05) is 27.3 Å². The first-order chi connectivity index (χ1) is 7.15. The van der Waals surface area contributed by atoms with Gasteiger partial charge in [-0.1, -0.05) is 0 Å². The van der Waals surface area contributed by atoms with Crippen molar-refractivity contribution in [1.29, 1.82) is 0 Å².